The van der Waals surface area contributed by atoms with Crippen molar-refractivity contribution in [2.45, 2.75) is 13.0 Å². The predicted octanol–water partition coefficient (Wildman–Crippen LogP) is 4.09. The molecule has 0 aliphatic carbocycles. The molecule has 7 heteroatoms. The summed E-state index contributed by atoms with van der Waals surface area (Å²) in [6.07, 6.45) is 1.10. The summed E-state index contributed by atoms with van der Waals surface area (Å²) in [7, 11) is -3.35. The van der Waals surface area contributed by atoms with Crippen LogP contribution in [-0.4, -0.2) is 20.7 Å². The Balaban J connectivity index is 1.71. The molecule has 0 unspecified atom stereocenters. The van der Waals surface area contributed by atoms with Gasteiger partial charge in [-0.25, -0.2) is 13.2 Å². The molecule has 0 aliphatic heterocycles. The fourth-order valence-corrected chi connectivity index (χ4v) is 3.41. The van der Waals surface area contributed by atoms with E-state index in [1.54, 1.807) is 18.2 Å². The molecular weight excluding hydrogens is 362 g/mol. The molecule has 3 N–H and O–H groups in total. The molecule has 27 heavy (non-hydrogen) atoms. The van der Waals surface area contributed by atoms with Gasteiger partial charge in [0.1, 0.15) is 0 Å². The van der Waals surface area contributed by atoms with E-state index in [0.717, 1.165) is 28.3 Å². The first kappa shape index (κ1) is 18.7. The van der Waals surface area contributed by atoms with E-state index < -0.39 is 10.0 Å². The van der Waals surface area contributed by atoms with Crippen LogP contribution >= 0.6 is 0 Å². The molecular formula is C20H21N3O3S. The Kier molecular flexibility index (Phi) is 5.32. The van der Waals surface area contributed by atoms with Crippen LogP contribution in [0.15, 0.2) is 66.7 Å². The van der Waals surface area contributed by atoms with Crippen molar-refractivity contribution in [1.29, 1.82) is 0 Å². The van der Waals surface area contributed by atoms with Gasteiger partial charge in [-0.1, -0.05) is 48.5 Å². The highest BCUT2D eigenvalue weighted by atomic mass is 32.2. The van der Waals surface area contributed by atoms with Crippen molar-refractivity contribution in [1.82, 2.24) is 5.32 Å². The lowest BCUT2D eigenvalue weighted by Crippen LogP contribution is -2.31. The Labute approximate surface area is 158 Å². The van der Waals surface area contributed by atoms with Gasteiger partial charge < -0.3 is 10.6 Å². The summed E-state index contributed by atoms with van der Waals surface area (Å²) in [6, 6.07) is 19.8. The first-order valence-electron chi connectivity index (χ1n) is 8.45. The van der Waals surface area contributed by atoms with Gasteiger partial charge in [0.05, 0.1) is 18.0 Å². The van der Waals surface area contributed by atoms with E-state index in [4.69, 9.17) is 0 Å². The molecule has 0 saturated carbocycles. The standard InChI is InChI=1S/C20H21N3O3S/c1-14(16-9-5-10-17(13-16)23-27(2,25)26)21-20(24)22-19-12-6-8-15-7-3-4-11-18(15)19/h3-14,23H,1-2H3,(H2,21,22,24)/t14-/m0/s1. The molecule has 0 bridgehead atoms. The minimum absolute atomic E-state index is 0.304. The smallest absolute Gasteiger partial charge is 0.319 e. The van der Waals surface area contributed by atoms with Gasteiger partial charge in [-0.05, 0) is 36.1 Å². The predicted molar refractivity (Wildman–Crippen MR) is 109 cm³/mol. The third-order valence-corrected chi connectivity index (χ3v) is 4.68. The number of amides is 2. The third-order valence-electron chi connectivity index (χ3n) is 4.08. The van der Waals surface area contributed by atoms with Crippen molar-refractivity contribution >= 4 is 38.2 Å². The fraction of sp³-hybridized carbons (Fsp3) is 0.150. The Bertz CT molecular complexity index is 1080. The van der Waals surface area contributed by atoms with E-state index in [2.05, 4.69) is 15.4 Å². The SMILES string of the molecule is C[C@H](NC(=O)Nc1cccc2ccccc12)c1cccc(NS(C)(=O)=O)c1. The summed E-state index contributed by atoms with van der Waals surface area (Å²) < 4.78 is 25.2. The molecule has 0 aliphatic rings. The minimum atomic E-state index is -3.35. The fourth-order valence-electron chi connectivity index (χ4n) is 2.86. The van der Waals surface area contributed by atoms with Crippen LogP contribution in [0.2, 0.25) is 0 Å². The Morgan fingerprint density at radius 1 is 0.963 bits per heavy atom. The maximum absolute atomic E-state index is 12.4. The van der Waals surface area contributed by atoms with Gasteiger partial charge >= 0.3 is 6.03 Å². The number of anilines is 2. The maximum atomic E-state index is 12.4. The normalized spacial score (nSPS) is 12.4. The van der Waals surface area contributed by atoms with Crippen LogP contribution in [0.25, 0.3) is 10.8 Å². The molecule has 0 heterocycles. The number of urea groups is 1. The molecule has 6 nitrogen and oxygen atoms in total. The average molecular weight is 383 g/mol. The van der Waals surface area contributed by atoms with E-state index in [9.17, 15) is 13.2 Å². The van der Waals surface area contributed by atoms with Gasteiger partial charge in [0.2, 0.25) is 10.0 Å². The quantitative estimate of drug-likeness (QED) is 0.620. The first-order chi connectivity index (χ1) is 12.8. The van der Waals surface area contributed by atoms with Crippen molar-refractivity contribution in [3.05, 3.63) is 72.3 Å². The van der Waals surface area contributed by atoms with Gasteiger partial charge in [0, 0.05) is 11.1 Å². The van der Waals surface area contributed by atoms with E-state index in [1.807, 2.05) is 55.5 Å². The largest absolute Gasteiger partial charge is 0.331 e. The maximum Gasteiger partial charge on any atom is 0.319 e. The lowest BCUT2D eigenvalue weighted by atomic mass is 10.1. The Morgan fingerprint density at radius 3 is 2.44 bits per heavy atom. The topological polar surface area (TPSA) is 87.3 Å². The second kappa shape index (κ2) is 7.67. The number of carbonyl (C=O) groups excluding carboxylic acids is 1. The molecule has 0 aromatic heterocycles. The molecule has 2 amide bonds. The van der Waals surface area contributed by atoms with Crippen molar-refractivity contribution in [3.63, 3.8) is 0 Å². The van der Waals surface area contributed by atoms with Crippen molar-refractivity contribution in [2.24, 2.45) is 0 Å². The highest BCUT2D eigenvalue weighted by molar-refractivity contribution is 7.92. The van der Waals surface area contributed by atoms with Crippen LogP contribution in [0, 0.1) is 0 Å². The van der Waals surface area contributed by atoms with Crippen LogP contribution in [0.3, 0.4) is 0 Å². The Morgan fingerprint density at radius 2 is 1.67 bits per heavy atom. The van der Waals surface area contributed by atoms with Crippen LogP contribution in [-0.2, 0) is 10.0 Å². The zero-order valence-corrected chi connectivity index (χ0v) is 15.9. The molecule has 3 aromatic rings. The molecule has 3 aromatic carbocycles. The van der Waals surface area contributed by atoms with Gasteiger partial charge in [-0.2, -0.15) is 0 Å². The lowest BCUT2D eigenvalue weighted by molar-refractivity contribution is 0.249. The van der Waals surface area contributed by atoms with Crippen molar-refractivity contribution < 1.29 is 13.2 Å². The zero-order valence-electron chi connectivity index (χ0n) is 15.1. The van der Waals surface area contributed by atoms with E-state index in [-0.39, 0.29) is 12.1 Å². The van der Waals surface area contributed by atoms with Crippen LogP contribution in [0.4, 0.5) is 16.2 Å². The number of sulfonamides is 1. The molecule has 1 atom stereocenters. The Hall–Kier alpha value is -3.06. The number of benzene rings is 3. The van der Waals surface area contributed by atoms with Gasteiger partial charge in [-0.3, -0.25) is 4.72 Å². The number of hydrogen-bond donors (Lipinski definition) is 3. The molecule has 3 rings (SSSR count). The molecule has 0 saturated heterocycles. The summed E-state index contributed by atoms with van der Waals surface area (Å²) in [5.74, 6) is 0. The van der Waals surface area contributed by atoms with Crippen molar-refractivity contribution in [3.8, 4) is 0 Å². The van der Waals surface area contributed by atoms with Crippen molar-refractivity contribution in [2.75, 3.05) is 16.3 Å². The molecule has 140 valence electrons. The summed E-state index contributed by atoms with van der Waals surface area (Å²) in [5.41, 5.74) is 1.97. The second-order valence-corrected chi connectivity index (χ2v) is 8.10. The molecule has 0 fully saturated rings. The summed E-state index contributed by atoms with van der Waals surface area (Å²) in [5, 5.41) is 7.75. The number of rotatable bonds is 5. The summed E-state index contributed by atoms with van der Waals surface area (Å²) >= 11 is 0. The number of nitrogens with one attached hydrogen (secondary N) is 3. The minimum Gasteiger partial charge on any atom is -0.331 e. The van der Waals surface area contributed by atoms with Gasteiger partial charge in [0.15, 0.2) is 0 Å². The van der Waals surface area contributed by atoms with Crippen LogP contribution < -0.4 is 15.4 Å². The highest BCUT2D eigenvalue weighted by Crippen LogP contribution is 2.23. The first-order valence-corrected chi connectivity index (χ1v) is 10.3. The van der Waals surface area contributed by atoms with E-state index in [0.29, 0.717) is 5.69 Å². The lowest BCUT2D eigenvalue weighted by Gasteiger charge is -2.17. The van der Waals surface area contributed by atoms with Crippen LogP contribution in [0.5, 0.6) is 0 Å². The average Bonchev–Trinajstić information content (AvgIpc) is 2.61. The third kappa shape index (κ3) is 4.98. The van der Waals surface area contributed by atoms with Gasteiger partial charge in [0.25, 0.3) is 0 Å². The van der Waals surface area contributed by atoms with E-state index in [1.165, 1.54) is 0 Å². The second-order valence-electron chi connectivity index (χ2n) is 6.35. The number of hydrogen-bond acceptors (Lipinski definition) is 3. The monoisotopic (exact) mass is 383 g/mol. The molecule has 0 spiro atoms. The molecule has 0 radical (unpaired) electrons. The highest BCUT2D eigenvalue weighted by Gasteiger charge is 2.12. The summed E-state index contributed by atoms with van der Waals surface area (Å²) in [4.78, 5) is 12.4. The van der Waals surface area contributed by atoms with Gasteiger partial charge in [-0.15, -0.1) is 0 Å². The number of fused-ring (bicyclic) bond motifs is 1. The summed E-state index contributed by atoms with van der Waals surface area (Å²) in [6.45, 7) is 1.84. The zero-order chi connectivity index (χ0) is 19.4. The van der Waals surface area contributed by atoms with Crippen LogP contribution in [0.1, 0.15) is 18.5 Å². The van der Waals surface area contributed by atoms with E-state index >= 15 is 0 Å². The number of carbonyl (C=O) groups is 1.